The quantitative estimate of drug-likeness (QED) is 0.485. The van der Waals surface area contributed by atoms with Crippen LogP contribution in [0.2, 0.25) is 0 Å². The number of aromatic nitrogens is 2. The van der Waals surface area contributed by atoms with Crippen molar-refractivity contribution in [3.63, 3.8) is 0 Å². The fraction of sp³-hybridized carbons (Fsp3) is 0.182. The summed E-state index contributed by atoms with van der Waals surface area (Å²) < 4.78 is 15.2. The maximum absolute atomic E-state index is 13.4. The molecule has 0 saturated carbocycles. The summed E-state index contributed by atoms with van der Waals surface area (Å²) in [6.07, 6.45) is 3.50. The highest BCUT2D eigenvalue weighted by molar-refractivity contribution is 7.98. The monoisotopic (exact) mass is 267 g/mol. The lowest BCUT2D eigenvalue weighted by Gasteiger charge is -2.02. The molecule has 1 aromatic heterocycles. The van der Waals surface area contributed by atoms with Gasteiger partial charge in [0.2, 0.25) is 5.82 Å². The molecule has 0 radical (unpaired) electrons. The minimum atomic E-state index is -0.807. The van der Waals surface area contributed by atoms with Crippen molar-refractivity contribution >= 4 is 17.4 Å². The first-order valence-electron chi connectivity index (χ1n) is 5.11. The van der Waals surface area contributed by atoms with Crippen LogP contribution in [0, 0.1) is 15.9 Å². The van der Waals surface area contributed by atoms with Crippen molar-refractivity contribution in [2.45, 2.75) is 10.9 Å². The highest BCUT2D eigenvalue weighted by atomic mass is 32.2. The summed E-state index contributed by atoms with van der Waals surface area (Å²) >= 11 is 1.45. The van der Waals surface area contributed by atoms with E-state index in [1.807, 2.05) is 17.8 Å². The maximum Gasteiger partial charge on any atom is 0.304 e. The zero-order valence-corrected chi connectivity index (χ0v) is 10.4. The Bertz CT molecular complexity index is 585. The summed E-state index contributed by atoms with van der Waals surface area (Å²) in [6.45, 7) is 0. The second-order valence-electron chi connectivity index (χ2n) is 3.65. The zero-order valence-electron chi connectivity index (χ0n) is 9.54. The van der Waals surface area contributed by atoms with Gasteiger partial charge in [-0.05, 0) is 11.6 Å². The number of nitro benzene ring substituents is 1. The summed E-state index contributed by atoms with van der Waals surface area (Å²) in [4.78, 5) is 13.9. The van der Waals surface area contributed by atoms with Crippen LogP contribution in [0.5, 0.6) is 0 Å². The number of halogens is 1. The van der Waals surface area contributed by atoms with Gasteiger partial charge in [-0.1, -0.05) is 17.8 Å². The van der Waals surface area contributed by atoms with Gasteiger partial charge in [0.1, 0.15) is 0 Å². The topological polar surface area (TPSA) is 61.0 Å². The molecule has 1 aromatic carbocycles. The first kappa shape index (κ1) is 12.6. The molecular formula is C11H10FN3O2S. The van der Waals surface area contributed by atoms with Crippen LogP contribution in [-0.2, 0) is 12.8 Å². The summed E-state index contributed by atoms with van der Waals surface area (Å²) in [5.41, 5.74) is 0.187. The highest BCUT2D eigenvalue weighted by Crippen LogP contribution is 2.24. The van der Waals surface area contributed by atoms with E-state index in [9.17, 15) is 14.5 Å². The molecule has 2 rings (SSSR count). The highest BCUT2D eigenvalue weighted by Gasteiger charge is 2.13. The third-order valence-corrected chi connectivity index (χ3v) is 3.48. The van der Waals surface area contributed by atoms with Crippen LogP contribution in [0.25, 0.3) is 0 Å². The van der Waals surface area contributed by atoms with Crippen LogP contribution in [0.3, 0.4) is 0 Å². The van der Waals surface area contributed by atoms with Crippen LogP contribution < -0.4 is 0 Å². The maximum atomic E-state index is 13.4. The number of benzene rings is 1. The van der Waals surface area contributed by atoms with E-state index in [0.717, 1.165) is 5.16 Å². The fourth-order valence-corrected chi connectivity index (χ4v) is 2.30. The van der Waals surface area contributed by atoms with Gasteiger partial charge < -0.3 is 4.57 Å². The van der Waals surface area contributed by atoms with Gasteiger partial charge in [-0.15, -0.1) is 0 Å². The van der Waals surface area contributed by atoms with Crippen LogP contribution in [-0.4, -0.2) is 14.5 Å². The molecule has 0 N–H and O–H groups in total. The summed E-state index contributed by atoms with van der Waals surface area (Å²) in [5, 5.41) is 11.3. The minimum Gasteiger partial charge on any atom is -0.329 e. The summed E-state index contributed by atoms with van der Waals surface area (Å²) in [6, 6.07) is 3.93. The fourth-order valence-electron chi connectivity index (χ4n) is 1.43. The van der Waals surface area contributed by atoms with Gasteiger partial charge in [0.25, 0.3) is 0 Å². The Hall–Kier alpha value is -1.89. The third-order valence-electron chi connectivity index (χ3n) is 2.35. The van der Waals surface area contributed by atoms with E-state index in [1.165, 1.54) is 23.9 Å². The van der Waals surface area contributed by atoms with Crippen molar-refractivity contribution in [1.29, 1.82) is 0 Å². The van der Waals surface area contributed by atoms with Gasteiger partial charge in [-0.25, -0.2) is 4.98 Å². The molecular weight excluding hydrogens is 257 g/mol. The molecule has 94 valence electrons. The van der Waals surface area contributed by atoms with Crippen molar-refractivity contribution < 1.29 is 9.31 Å². The smallest absolute Gasteiger partial charge is 0.304 e. The second kappa shape index (κ2) is 5.18. The molecule has 5 nitrogen and oxygen atoms in total. The molecule has 0 atom stereocenters. The number of rotatable bonds is 4. The lowest BCUT2D eigenvalue weighted by molar-refractivity contribution is -0.387. The van der Waals surface area contributed by atoms with Crippen LogP contribution in [0.4, 0.5) is 10.1 Å². The molecule has 0 aliphatic rings. The van der Waals surface area contributed by atoms with Crippen molar-refractivity contribution in [1.82, 2.24) is 9.55 Å². The molecule has 0 aliphatic carbocycles. The Morgan fingerprint density at radius 3 is 2.89 bits per heavy atom. The minimum absolute atomic E-state index is 0.499. The van der Waals surface area contributed by atoms with Crippen molar-refractivity contribution in [3.05, 3.63) is 52.1 Å². The van der Waals surface area contributed by atoms with E-state index in [4.69, 9.17) is 0 Å². The SMILES string of the molecule is Cn1ccnc1SCc1ccc([N+](=O)[O-])c(F)c1. The van der Waals surface area contributed by atoms with Crippen molar-refractivity contribution in [3.8, 4) is 0 Å². The molecule has 0 amide bonds. The first-order valence-corrected chi connectivity index (χ1v) is 6.09. The number of aryl methyl sites for hydroxylation is 1. The van der Waals surface area contributed by atoms with E-state index >= 15 is 0 Å². The summed E-state index contributed by atoms with van der Waals surface area (Å²) in [5.74, 6) is -0.294. The molecule has 0 saturated heterocycles. The summed E-state index contributed by atoms with van der Waals surface area (Å²) in [7, 11) is 1.87. The van der Waals surface area contributed by atoms with Crippen molar-refractivity contribution in [2.75, 3.05) is 0 Å². The molecule has 0 bridgehead atoms. The number of hydrogen-bond acceptors (Lipinski definition) is 4. The molecule has 7 heteroatoms. The predicted molar refractivity (Wildman–Crippen MR) is 65.8 cm³/mol. The number of imidazole rings is 1. The molecule has 1 heterocycles. The van der Waals surface area contributed by atoms with Crippen LogP contribution in [0.15, 0.2) is 35.7 Å². The zero-order chi connectivity index (χ0) is 13.1. The standard InChI is InChI=1S/C11H10FN3O2S/c1-14-5-4-13-11(14)18-7-8-2-3-10(15(16)17)9(12)6-8/h2-6H,7H2,1H3. The van der Waals surface area contributed by atoms with E-state index in [-0.39, 0.29) is 0 Å². The molecule has 0 fully saturated rings. The van der Waals surface area contributed by atoms with Gasteiger partial charge in [0.15, 0.2) is 5.16 Å². The predicted octanol–water partition coefficient (Wildman–Crippen LogP) is 2.76. The molecule has 18 heavy (non-hydrogen) atoms. The Morgan fingerprint density at radius 1 is 1.56 bits per heavy atom. The number of nitrogens with zero attached hydrogens (tertiary/aromatic N) is 3. The third kappa shape index (κ3) is 2.67. The normalized spacial score (nSPS) is 10.6. The molecule has 0 spiro atoms. The van der Waals surface area contributed by atoms with E-state index < -0.39 is 16.4 Å². The Balaban J connectivity index is 2.09. The number of hydrogen-bond donors (Lipinski definition) is 0. The average Bonchev–Trinajstić information content (AvgIpc) is 2.72. The van der Waals surface area contributed by atoms with Crippen LogP contribution in [0.1, 0.15) is 5.56 Å². The van der Waals surface area contributed by atoms with Crippen LogP contribution >= 0.6 is 11.8 Å². The van der Waals surface area contributed by atoms with E-state index in [0.29, 0.717) is 11.3 Å². The molecule has 0 aliphatic heterocycles. The van der Waals surface area contributed by atoms with Crippen molar-refractivity contribution in [2.24, 2.45) is 7.05 Å². The Morgan fingerprint density at radius 2 is 2.33 bits per heavy atom. The van der Waals surface area contributed by atoms with Gasteiger partial charge >= 0.3 is 5.69 Å². The van der Waals surface area contributed by atoms with Gasteiger partial charge in [-0.2, -0.15) is 4.39 Å². The Labute approximate surface area is 107 Å². The largest absolute Gasteiger partial charge is 0.329 e. The lowest BCUT2D eigenvalue weighted by atomic mass is 10.2. The Kier molecular flexibility index (Phi) is 3.61. The van der Waals surface area contributed by atoms with Gasteiger partial charge in [0, 0.05) is 31.3 Å². The molecule has 0 unspecified atom stereocenters. The number of thioether (sulfide) groups is 1. The van der Waals surface area contributed by atoms with E-state index in [2.05, 4.69) is 4.98 Å². The van der Waals surface area contributed by atoms with Gasteiger partial charge in [-0.3, -0.25) is 10.1 Å². The lowest BCUT2D eigenvalue weighted by Crippen LogP contribution is -1.94. The van der Waals surface area contributed by atoms with E-state index in [1.54, 1.807) is 12.3 Å². The average molecular weight is 267 g/mol. The first-order chi connectivity index (χ1) is 8.58. The molecule has 2 aromatic rings. The van der Waals surface area contributed by atoms with Gasteiger partial charge in [0.05, 0.1) is 4.92 Å². The number of nitro groups is 1. The second-order valence-corrected chi connectivity index (χ2v) is 4.59.